The first kappa shape index (κ1) is 18.0. The molecule has 0 spiro atoms. The molecule has 25 heavy (non-hydrogen) atoms. The van der Waals surface area contributed by atoms with Gasteiger partial charge in [0.1, 0.15) is 5.76 Å². The summed E-state index contributed by atoms with van der Waals surface area (Å²) in [6.07, 6.45) is -1.92. The van der Waals surface area contributed by atoms with Crippen LogP contribution in [0.4, 0.5) is 10.5 Å². The summed E-state index contributed by atoms with van der Waals surface area (Å²) in [5.41, 5.74) is 1.49. The highest BCUT2D eigenvalue weighted by molar-refractivity contribution is 5.72. The topological polar surface area (TPSA) is 139 Å². The zero-order valence-electron chi connectivity index (χ0n) is 13.5. The normalized spacial score (nSPS) is 17.1. The van der Waals surface area contributed by atoms with Crippen molar-refractivity contribution in [3.63, 3.8) is 0 Å². The number of aliphatic carboxylic acids is 1. The lowest BCUT2D eigenvalue weighted by Crippen LogP contribution is -2.27. The van der Waals surface area contributed by atoms with Crippen molar-refractivity contribution < 1.29 is 29.5 Å². The summed E-state index contributed by atoms with van der Waals surface area (Å²) in [4.78, 5) is 32.7. The number of rotatable bonds is 5. The van der Waals surface area contributed by atoms with Crippen molar-refractivity contribution in [2.45, 2.75) is 26.2 Å². The molecule has 3 N–H and O–H groups in total. The van der Waals surface area contributed by atoms with Gasteiger partial charge in [0.2, 0.25) is 0 Å². The number of nitro groups is 1. The number of hydrogen-bond acceptors (Lipinski definition) is 6. The number of benzene rings is 1. The summed E-state index contributed by atoms with van der Waals surface area (Å²) in [7, 11) is 0. The van der Waals surface area contributed by atoms with E-state index < -0.39 is 23.0 Å². The second kappa shape index (κ2) is 7.04. The van der Waals surface area contributed by atoms with Gasteiger partial charge in [0.05, 0.1) is 23.0 Å². The molecule has 0 aromatic heterocycles. The van der Waals surface area contributed by atoms with Gasteiger partial charge in [0.15, 0.2) is 0 Å². The van der Waals surface area contributed by atoms with E-state index in [1.807, 2.05) is 0 Å². The average molecular weight is 348 g/mol. The molecule has 2 rings (SSSR count). The Morgan fingerprint density at radius 1 is 1.28 bits per heavy atom. The van der Waals surface area contributed by atoms with Crippen LogP contribution >= 0.6 is 0 Å². The maximum absolute atomic E-state index is 11.2. The number of carboxylic acids is 1. The molecular formula is C16H16N2O7. The van der Waals surface area contributed by atoms with Crippen LogP contribution in [0, 0.1) is 10.1 Å². The van der Waals surface area contributed by atoms with Crippen molar-refractivity contribution in [3.8, 4) is 0 Å². The third-order valence-corrected chi connectivity index (χ3v) is 3.79. The Bertz CT molecular complexity index is 772. The van der Waals surface area contributed by atoms with Crippen molar-refractivity contribution >= 4 is 17.8 Å². The molecule has 9 nitrogen and oxygen atoms in total. The number of nitrogens with one attached hydrogen (secondary N) is 1. The van der Waals surface area contributed by atoms with Gasteiger partial charge in [0, 0.05) is 17.8 Å². The molecule has 1 aromatic carbocycles. The predicted octanol–water partition coefficient (Wildman–Crippen LogP) is 2.96. The Balaban J connectivity index is 2.63. The Morgan fingerprint density at radius 2 is 1.96 bits per heavy atom. The minimum atomic E-state index is -1.55. The van der Waals surface area contributed by atoms with Gasteiger partial charge in [-0.3, -0.25) is 14.9 Å². The molecule has 0 saturated heterocycles. The average Bonchev–Trinajstić information content (AvgIpc) is 2.51. The summed E-state index contributed by atoms with van der Waals surface area (Å²) < 4.78 is 4.87. The summed E-state index contributed by atoms with van der Waals surface area (Å²) in [6.45, 7) is 3.24. The van der Waals surface area contributed by atoms with Gasteiger partial charge >= 0.3 is 12.1 Å². The van der Waals surface area contributed by atoms with Crippen LogP contribution < -0.4 is 5.32 Å². The number of hydrogen-bond donors (Lipinski definition) is 3. The highest BCUT2D eigenvalue weighted by Gasteiger charge is 2.33. The van der Waals surface area contributed by atoms with Crippen LogP contribution in [0.15, 0.2) is 47.0 Å². The van der Waals surface area contributed by atoms with Gasteiger partial charge in [0.25, 0.3) is 5.69 Å². The lowest BCUT2D eigenvalue weighted by Gasteiger charge is -2.30. The quantitative estimate of drug-likeness (QED) is 0.419. The van der Waals surface area contributed by atoms with Crippen molar-refractivity contribution in [1.29, 1.82) is 0 Å². The van der Waals surface area contributed by atoms with Crippen molar-refractivity contribution in [2.24, 2.45) is 0 Å². The number of nitro benzene ring substituents is 1. The number of non-ortho nitro benzene ring substituents is 1. The maximum Gasteiger partial charge on any atom is 0.511 e. The molecule has 1 unspecified atom stereocenters. The first-order chi connectivity index (χ1) is 11.7. The molecule has 0 bridgehead atoms. The maximum atomic E-state index is 11.2. The highest BCUT2D eigenvalue weighted by Crippen LogP contribution is 2.40. The van der Waals surface area contributed by atoms with E-state index in [1.165, 1.54) is 18.2 Å². The molecule has 132 valence electrons. The monoisotopic (exact) mass is 348 g/mol. The third-order valence-electron chi connectivity index (χ3n) is 3.79. The van der Waals surface area contributed by atoms with Crippen LogP contribution in [0.3, 0.4) is 0 Å². The minimum Gasteiger partial charge on any atom is -0.481 e. The van der Waals surface area contributed by atoms with E-state index in [4.69, 9.17) is 9.84 Å². The van der Waals surface area contributed by atoms with Crippen LogP contribution in [-0.2, 0) is 9.53 Å². The van der Waals surface area contributed by atoms with Gasteiger partial charge in [-0.1, -0.05) is 12.1 Å². The molecule has 0 fully saturated rings. The number of dihydropyridines is 1. The summed E-state index contributed by atoms with van der Waals surface area (Å²) >= 11 is 0. The van der Waals surface area contributed by atoms with E-state index in [1.54, 1.807) is 19.9 Å². The van der Waals surface area contributed by atoms with E-state index in [2.05, 4.69) is 5.32 Å². The number of ether oxygens (including phenoxy) is 1. The number of carbonyl (C=O) groups is 2. The molecule has 1 aromatic rings. The molecule has 9 heteroatoms. The van der Waals surface area contributed by atoms with Gasteiger partial charge < -0.3 is 20.3 Å². The SMILES string of the molecule is CC1=C(CC(=O)O)C(c2cccc([N+](=O)[O-])c2)C(OC(=O)O)=C(C)N1. The Morgan fingerprint density at radius 3 is 2.52 bits per heavy atom. The Hall–Kier alpha value is -3.36. The molecule has 0 radical (unpaired) electrons. The molecule has 0 aliphatic carbocycles. The second-order valence-electron chi connectivity index (χ2n) is 5.49. The van der Waals surface area contributed by atoms with Crippen LogP contribution in [0.1, 0.15) is 31.7 Å². The third kappa shape index (κ3) is 3.94. The molecule has 1 aliphatic rings. The summed E-state index contributed by atoms with van der Waals surface area (Å²) in [5, 5.41) is 32.1. The molecule has 1 aliphatic heterocycles. The second-order valence-corrected chi connectivity index (χ2v) is 5.49. The first-order valence-corrected chi connectivity index (χ1v) is 7.25. The smallest absolute Gasteiger partial charge is 0.481 e. The molecular weight excluding hydrogens is 332 g/mol. The van der Waals surface area contributed by atoms with Crippen molar-refractivity contribution in [3.05, 3.63) is 62.7 Å². The van der Waals surface area contributed by atoms with E-state index in [9.17, 15) is 24.8 Å². The van der Waals surface area contributed by atoms with Gasteiger partial charge in [-0.15, -0.1) is 0 Å². The zero-order chi connectivity index (χ0) is 18.7. The van der Waals surface area contributed by atoms with Crippen molar-refractivity contribution in [1.82, 2.24) is 5.32 Å². The van der Waals surface area contributed by atoms with Gasteiger partial charge in [-0.25, -0.2) is 4.79 Å². The minimum absolute atomic E-state index is 0.00477. The summed E-state index contributed by atoms with van der Waals surface area (Å²) in [6, 6.07) is 5.60. The molecule has 0 amide bonds. The fraction of sp³-hybridized carbons (Fsp3) is 0.250. The van der Waals surface area contributed by atoms with Gasteiger partial charge in [-0.2, -0.15) is 0 Å². The lowest BCUT2D eigenvalue weighted by atomic mass is 9.83. The molecule has 0 saturated carbocycles. The predicted molar refractivity (Wildman–Crippen MR) is 85.7 cm³/mol. The standard InChI is InChI=1S/C16H16N2O7/c1-8-12(7-13(19)20)14(15(9(2)17-8)25-16(21)22)10-4-3-5-11(6-10)18(23)24/h3-6,14,17H,7H2,1-2H3,(H,19,20)(H,21,22). The van der Waals surface area contributed by atoms with Crippen LogP contribution in [0.5, 0.6) is 0 Å². The van der Waals surface area contributed by atoms with Gasteiger partial charge in [-0.05, 0) is 25.0 Å². The van der Waals surface area contributed by atoms with Crippen LogP contribution in [-0.4, -0.2) is 27.3 Å². The van der Waals surface area contributed by atoms with E-state index in [0.29, 0.717) is 22.5 Å². The molecule has 1 heterocycles. The van der Waals surface area contributed by atoms with Crippen LogP contribution in [0.25, 0.3) is 0 Å². The number of nitrogens with zero attached hydrogens (tertiary/aromatic N) is 1. The van der Waals surface area contributed by atoms with E-state index in [0.717, 1.165) is 0 Å². The zero-order valence-corrected chi connectivity index (χ0v) is 13.5. The van der Waals surface area contributed by atoms with E-state index in [-0.39, 0.29) is 17.9 Å². The number of carboxylic acid groups (broad SMARTS) is 2. The molecule has 1 atom stereocenters. The largest absolute Gasteiger partial charge is 0.511 e. The fourth-order valence-electron chi connectivity index (χ4n) is 2.81. The first-order valence-electron chi connectivity index (χ1n) is 7.25. The Labute approximate surface area is 142 Å². The van der Waals surface area contributed by atoms with E-state index >= 15 is 0 Å². The summed E-state index contributed by atoms with van der Waals surface area (Å²) in [5.74, 6) is -1.97. The Kier molecular flexibility index (Phi) is 5.06. The number of allylic oxidation sites excluding steroid dienone is 3. The highest BCUT2D eigenvalue weighted by atomic mass is 16.7. The lowest BCUT2D eigenvalue weighted by molar-refractivity contribution is -0.384. The fourth-order valence-corrected chi connectivity index (χ4v) is 2.81. The van der Waals surface area contributed by atoms with Crippen molar-refractivity contribution in [2.75, 3.05) is 0 Å². The van der Waals surface area contributed by atoms with Crippen LogP contribution in [0.2, 0.25) is 0 Å².